The number of ether oxygens (including phenoxy) is 1. The molecule has 1 aromatic heterocycles. The Morgan fingerprint density at radius 2 is 1.97 bits per heavy atom. The van der Waals surface area contributed by atoms with Crippen LogP contribution in [0.15, 0.2) is 66.8 Å². The highest BCUT2D eigenvalue weighted by Gasteiger charge is 2.45. The summed E-state index contributed by atoms with van der Waals surface area (Å²) >= 11 is 0. The van der Waals surface area contributed by atoms with E-state index in [2.05, 4.69) is 4.98 Å². The number of carbonyl (C=O) groups is 2. The van der Waals surface area contributed by atoms with Crippen molar-refractivity contribution in [3.05, 3.63) is 89.5 Å². The summed E-state index contributed by atoms with van der Waals surface area (Å²) in [6.07, 6.45) is 5.53. The maximum absolute atomic E-state index is 14.2. The molecule has 0 saturated carbocycles. The molecule has 0 aliphatic carbocycles. The lowest BCUT2D eigenvalue weighted by Gasteiger charge is -2.25. The van der Waals surface area contributed by atoms with Crippen LogP contribution in [0.1, 0.15) is 23.6 Å². The monoisotopic (exact) mass is 453 g/mol. The fourth-order valence-electron chi connectivity index (χ4n) is 3.95. The summed E-state index contributed by atoms with van der Waals surface area (Å²) in [5, 5.41) is 11.0. The maximum Gasteiger partial charge on any atom is 0.295 e. The molecular weight excluding hydrogens is 432 g/mol. The Morgan fingerprint density at radius 1 is 1.15 bits per heavy atom. The summed E-state index contributed by atoms with van der Waals surface area (Å²) in [5.41, 5.74) is 0.108. The van der Waals surface area contributed by atoms with E-state index in [-0.39, 0.29) is 23.4 Å². The zero-order valence-electron chi connectivity index (χ0n) is 17.7. The molecule has 4 rings (SSSR count). The summed E-state index contributed by atoms with van der Waals surface area (Å²) in [7, 11) is 1.30. The first kappa shape index (κ1) is 22.2. The number of hydrogen-bond acceptors (Lipinski definition) is 5. The highest BCUT2D eigenvalue weighted by atomic mass is 19.1. The van der Waals surface area contributed by atoms with Crippen LogP contribution in [0, 0.1) is 11.6 Å². The van der Waals surface area contributed by atoms with Crippen LogP contribution in [0.25, 0.3) is 5.76 Å². The molecule has 1 atom stereocenters. The number of imidazole rings is 1. The van der Waals surface area contributed by atoms with Crippen molar-refractivity contribution < 1.29 is 28.2 Å². The van der Waals surface area contributed by atoms with Crippen molar-refractivity contribution in [3.63, 3.8) is 0 Å². The average Bonchev–Trinajstić information content (AvgIpc) is 3.41. The van der Waals surface area contributed by atoms with Crippen LogP contribution in [0.3, 0.4) is 0 Å². The molecule has 0 radical (unpaired) electrons. The number of aromatic nitrogens is 2. The Bertz CT molecular complexity index is 1220. The number of likely N-dealkylation sites (tertiary alicyclic amines) is 1. The van der Waals surface area contributed by atoms with Crippen LogP contribution in [0.2, 0.25) is 0 Å². The van der Waals surface area contributed by atoms with Gasteiger partial charge in [0.05, 0.1) is 25.1 Å². The van der Waals surface area contributed by atoms with Gasteiger partial charge in [-0.1, -0.05) is 12.1 Å². The van der Waals surface area contributed by atoms with Crippen molar-refractivity contribution >= 4 is 17.4 Å². The second kappa shape index (κ2) is 9.23. The fourth-order valence-corrected chi connectivity index (χ4v) is 3.95. The number of benzene rings is 2. The number of methoxy groups -OCH3 is 1. The second-order valence-electron chi connectivity index (χ2n) is 7.55. The zero-order chi connectivity index (χ0) is 23.5. The Hall–Kier alpha value is -4.01. The van der Waals surface area contributed by atoms with Gasteiger partial charge in [-0.2, -0.15) is 0 Å². The Labute approximate surface area is 188 Å². The summed E-state index contributed by atoms with van der Waals surface area (Å²) < 4.78 is 35.0. The minimum Gasteiger partial charge on any atom is -0.507 e. The van der Waals surface area contributed by atoms with Crippen molar-refractivity contribution in [2.24, 2.45) is 0 Å². The molecule has 33 heavy (non-hydrogen) atoms. The normalized spacial score (nSPS) is 17.5. The van der Waals surface area contributed by atoms with Crippen LogP contribution in [-0.2, 0) is 16.1 Å². The van der Waals surface area contributed by atoms with Crippen molar-refractivity contribution in [3.8, 4) is 5.75 Å². The van der Waals surface area contributed by atoms with Gasteiger partial charge in [0.1, 0.15) is 11.6 Å². The number of ketones is 1. The standard InChI is InChI=1S/C24H21F2N3O4/c1-33-19-7-6-16(13-18(19)26)22(30)20-21(15-4-2-5-17(25)12-15)29(24(32)23(20)31)10-3-9-28-11-8-27-14-28/h2,4-8,11-14,21,30H,3,9-10H2,1H3. The van der Waals surface area contributed by atoms with E-state index >= 15 is 0 Å². The van der Waals surface area contributed by atoms with Gasteiger partial charge in [-0.25, -0.2) is 13.8 Å². The van der Waals surface area contributed by atoms with Crippen LogP contribution < -0.4 is 4.74 Å². The number of Topliss-reactive ketones (excluding diaryl/α,β-unsaturated/α-hetero) is 1. The molecule has 1 N–H and O–H groups in total. The Kier molecular flexibility index (Phi) is 6.21. The third-order valence-electron chi connectivity index (χ3n) is 5.50. The number of aliphatic hydroxyl groups excluding tert-OH is 1. The molecule has 1 unspecified atom stereocenters. The predicted octanol–water partition coefficient (Wildman–Crippen LogP) is 3.68. The lowest BCUT2D eigenvalue weighted by atomic mass is 9.95. The lowest BCUT2D eigenvalue weighted by Crippen LogP contribution is -2.31. The van der Waals surface area contributed by atoms with Gasteiger partial charge in [0.2, 0.25) is 0 Å². The molecule has 7 nitrogen and oxygen atoms in total. The van der Waals surface area contributed by atoms with Gasteiger partial charge >= 0.3 is 0 Å². The molecule has 2 aromatic carbocycles. The van der Waals surface area contributed by atoms with E-state index in [0.717, 1.165) is 6.07 Å². The summed E-state index contributed by atoms with van der Waals surface area (Å²) in [6, 6.07) is 8.18. The van der Waals surface area contributed by atoms with E-state index in [1.54, 1.807) is 24.8 Å². The van der Waals surface area contributed by atoms with E-state index in [9.17, 15) is 23.5 Å². The fraction of sp³-hybridized carbons (Fsp3) is 0.208. The average molecular weight is 453 g/mol. The van der Waals surface area contributed by atoms with Gasteiger partial charge in [0.25, 0.3) is 11.7 Å². The van der Waals surface area contributed by atoms with Crippen molar-refractivity contribution in [2.75, 3.05) is 13.7 Å². The van der Waals surface area contributed by atoms with Gasteiger partial charge in [0, 0.05) is 31.0 Å². The molecule has 9 heteroatoms. The molecule has 2 heterocycles. The number of rotatable bonds is 7. The van der Waals surface area contributed by atoms with E-state index in [4.69, 9.17) is 4.74 Å². The van der Waals surface area contributed by atoms with Gasteiger partial charge in [0.15, 0.2) is 11.6 Å². The smallest absolute Gasteiger partial charge is 0.295 e. The van der Waals surface area contributed by atoms with Crippen LogP contribution in [-0.4, -0.2) is 44.9 Å². The van der Waals surface area contributed by atoms with Crippen molar-refractivity contribution in [1.29, 1.82) is 0 Å². The SMILES string of the molecule is COc1ccc(C(O)=C2C(=O)C(=O)N(CCCn3ccnc3)C2c2cccc(F)c2)cc1F. The second-order valence-corrected chi connectivity index (χ2v) is 7.55. The van der Waals surface area contributed by atoms with Crippen LogP contribution in [0.5, 0.6) is 5.75 Å². The molecule has 3 aromatic rings. The molecule has 1 aliphatic heterocycles. The summed E-state index contributed by atoms with van der Waals surface area (Å²) in [5.74, 6) is -3.59. The molecule has 1 saturated heterocycles. The maximum atomic E-state index is 14.2. The molecule has 1 fully saturated rings. The quantitative estimate of drug-likeness (QED) is 0.335. The van der Waals surface area contributed by atoms with Gasteiger partial charge in [-0.05, 0) is 42.3 Å². The van der Waals surface area contributed by atoms with E-state index in [1.165, 1.54) is 42.3 Å². The number of halogens is 2. The lowest BCUT2D eigenvalue weighted by molar-refractivity contribution is -0.139. The third kappa shape index (κ3) is 4.34. The Balaban J connectivity index is 1.75. The van der Waals surface area contributed by atoms with Gasteiger partial charge in [-0.3, -0.25) is 9.59 Å². The first-order valence-electron chi connectivity index (χ1n) is 10.2. The Morgan fingerprint density at radius 3 is 2.64 bits per heavy atom. The molecule has 170 valence electrons. The topological polar surface area (TPSA) is 84.7 Å². The molecule has 1 amide bonds. The highest BCUT2D eigenvalue weighted by Crippen LogP contribution is 2.40. The highest BCUT2D eigenvalue weighted by molar-refractivity contribution is 6.46. The summed E-state index contributed by atoms with van der Waals surface area (Å²) in [4.78, 5) is 31.1. The molecule has 0 bridgehead atoms. The van der Waals surface area contributed by atoms with E-state index < -0.39 is 35.1 Å². The van der Waals surface area contributed by atoms with E-state index in [0.29, 0.717) is 18.5 Å². The molecule has 1 aliphatic rings. The van der Waals surface area contributed by atoms with Gasteiger partial charge in [-0.15, -0.1) is 0 Å². The van der Waals surface area contributed by atoms with Crippen molar-refractivity contribution in [1.82, 2.24) is 14.5 Å². The van der Waals surface area contributed by atoms with Crippen LogP contribution >= 0.6 is 0 Å². The molecular formula is C24H21F2N3O4. The number of aliphatic hydroxyl groups is 1. The third-order valence-corrected chi connectivity index (χ3v) is 5.50. The van der Waals surface area contributed by atoms with Crippen molar-refractivity contribution in [2.45, 2.75) is 19.0 Å². The zero-order valence-corrected chi connectivity index (χ0v) is 17.7. The number of carbonyl (C=O) groups excluding carboxylic acids is 2. The predicted molar refractivity (Wildman–Crippen MR) is 115 cm³/mol. The minimum atomic E-state index is -1.02. The first-order valence-corrected chi connectivity index (χ1v) is 10.2. The first-order chi connectivity index (χ1) is 15.9. The largest absolute Gasteiger partial charge is 0.507 e. The minimum absolute atomic E-state index is 0.00567. The number of aryl methyl sites for hydroxylation is 1. The number of hydrogen-bond donors (Lipinski definition) is 1. The summed E-state index contributed by atoms with van der Waals surface area (Å²) in [6.45, 7) is 0.722. The number of nitrogens with zero attached hydrogens (tertiary/aromatic N) is 3. The van der Waals surface area contributed by atoms with Crippen LogP contribution in [0.4, 0.5) is 8.78 Å². The van der Waals surface area contributed by atoms with E-state index in [1.807, 2.05) is 4.57 Å². The van der Waals surface area contributed by atoms with Gasteiger partial charge < -0.3 is 19.3 Å². The molecule has 0 spiro atoms. The number of amides is 1.